The molecule has 2 heterocycles. The van der Waals surface area contributed by atoms with Gasteiger partial charge in [0.05, 0.1) is 18.4 Å². The number of hydrogen-bond donors (Lipinski definition) is 4. The predicted octanol–water partition coefficient (Wildman–Crippen LogP) is 3.83. The maximum Gasteiger partial charge on any atom is 0.240 e. The van der Waals surface area contributed by atoms with E-state index in [9.17, 15) is 9.90 Å². The number of carbonyl (C=O) groups is 1. The van der Waals surface area contributed by atoms with Gasteiger partial charge in [-0.1, -0.05) is 31.2 Å². The van der Waals surface area contributed by atoms with Crippen molar-refractivity contribution < 1.29 is 14.6 Å². The average molecular weight is 522 g/mol. The number of amides is 1. The summed E-state index contributed by atoms with van der Waals surface area (Å²) in [5, 5.41) is 20.9. The van der Waals surface area contributed by atoms with E-state index in [4.69, 9.17) is 15.6 Å². The van der Waals surface area contributed by atoms with E-state index >= 15 is 0 Å². The molecule has 206 valence electrons. The van der Waals surface area contributed by atoms with Crippen molar-refractivity contribution in [2.45, 2.75) is 83.9 Å². The molecule has 1 aliphatic carbocycles. The number of nitrogen functional groups attached to an aromatic ring is 1. The maximum absolute atomic E-state index is 12.4. The molecule has 1 aromatic carbocycles. The largest absolute Gasteiger partial charge is 0.493 e. The second-order valence-corrected chi connectivity index (χ2v) is 10.9. The van der Waals surface area contributed by atoms with E-state index in [1.165, 1.54) is 0 Å². The van der Waals surface area contributed by atoms with Crippen LogP contribution in [0.4, 0.5) is 5.82 Å². The molecule has 1 amide bonds. The fraction of sp³-hybridized carbons (Fsp3) is 0.533. The number of benzene rings is 1. The van der Waals surface area contributed by atoms with Gasteiger partial charge in [0.2, 0.25) is 5.91 Å². The number of ether oxygens (including phenoxy) is 1. The molecule has 2 aromatic rings. The first-order valence-electron chi connectivity index (χ1n) is 13.9. The Hall–Kier alpha value is -3.10. The molecule has 1 saturated carbocycles. The predicted molar refractivity (Wildman–Crippen MR) is 152 cm³/mol. The third kappa shape index (κ3) is 6.85. The van der Waals surface area contributed by atoms with Crippen molar-refractivity contribution in [3.05, 3.63) is 59.3 Å². The monoisotopic (exact) mass is 521 g/mol. The van der Waals surface area contributed by atoms with Gasteiger partial charge in [0.1, 0.15) is 17.6 Å². The van der Waals surface area contributed by atoms with Gasteiger partial charge in [0.25, 0.3) is 0 Å². The number of nitrogens with two attached hydrogens (primary N) is 1. The summed E-state index contributed by atoms with van der Waals surface area (Å²) in [5.41, 5.74) is 11.7. The highest BCUT2D eigenvalue weighted by Crippen LogP contribution is 2.28. The Morgan fingerprint density at radius 2 is 1.95 bits per heavy atom. The number of nitrogens with one attached hydrogen (secondary N) is 2. The summed E-state index contributed by atoms with van der Waals surface area (Å²) in [6.45, 7) is 11.4. The van der Waals surface area contributed by atoms with Gasteiger partial charge < -0.3 is 26.2 Å². The Kier molecular flexibility index (Phi) is 9.28. The standard InChI is InChI=1S/C30H43N5O3/c1-5-26-25(29(31)35(34-26)20(4)16-19(2)3)17-21-8-12-24(13-9-21)38-18-22-6-10-23(11-7-22)33-30(37)28-27(36)14-15-32-28/h8-9,12-13,16,22-23,27-28,32,36H,2,5-7,10-11,14-15,17-18,31H2,1,3-4H3,(H,33,37)/b20-16-/t22?,23?,27-,28+/m1/s1. The third-order valence-corrected chi connectivity index (χ3v) is 7.69. The SMILES string of the molecule is C=C(C)/C=C(/C)n1nc(CC)c(Cc2ccc(OCC3CCC(NC(=O)[C@H]4NCC[C@H]4O)CC3)cc2)c1N. The second kappa shape index (κ2) is 12.6. The summed E-state index contributed by atoms with van der Waals surface area (Å²) in [6, 6.07) is 7.96. The van der Waals surface area contributed by atoms with Crippen molar-refractivity contribution in [3.63, 3.8) is 0 Å². The van der Waals surface area contributed by atoms with E-state index in [2.05, 4.69) is 36.3 Å². The lowest BCUT2D eigenvalue weighted by molar-refractivity contribution is -0.125. The van der Waals surface area contributed by atoms with Crippen LogP contribution < -0.4 is 21.1 Å². The minimum absolute atomic E-state index is 0.0755. The molecular formula is C30H43N5O3. The van der Waals surface area contributed by atoms with Crippen molar-refractivity contribution in [3.8, 4) is 5.75 Å². The van der Waals surface area contributed by atoms with E-state index in [0.29, 0.717) is 31.3 Å². The second-order valence-electron chi connectivity index (χ2n) is 10.9. The average Bonchev–Trinajstić information content (AvgIpc) is 3.47. The van der Waals surface area contributed by atoms with Crippen molar-refractivity contribution in [2.24, 2.45) is 5.92 Å². The number of aromatic nitrogens is 2. The van der Waals surface area contributed by atoms with E-state index in [1.807, 2.05) is 36.7 Å². The molecule has 38 heavy (non-hydrogen) atoms. The summed E-state index contributed by atoms with van der Waals surface area (Å²) in [7, 11) is 0. The molecule has 5 N–H and O–H groups in total. The van der Waals surface area contributed by atoms with Gasteiger partial charge in [0, 0.05) is 23.7 Å². The molecule has 1 aromatic heterocycles. The summed E-state index contributed by atoms with van der Waals surface area (Å²) in [6.07, 6.45) is 7.50. The molecular weight excluding hydrogens is 478 g/mol. The molecule has 0 unspecified atom stereocenters. The van der Waals surface area contributed by atoms with Crippen LogP contribution in [0.2, 0.25) is 0 Å². The summed E-state index contributed by atoms with van der Waals surface area (Å²) in [4.78, 5) is 12.4. The molecule has 0 spiro atoms. The minimum Gasteiger partial charge on any atom is -0.493 e. The lowest BCUT2D eigenvalue weighted by atomic mass is 9.86. The number of anilines is 1. The van der Waals surface area contributed by atoms with Gasteiger partial charge in [0.15, 0.2) is 0 Å². The molecule has 1 saturated heterocycles. The highest BCUT2D eigenvalue weighted by Gasteiger charge is 2.33. The van der Waals surface area contributed by atoms with Gasteiger partial charge in [-0.05, 0) is 88.6 Å². The highest BCUT2D eigenvalue weighted by atomic mass is 16.5. The molecule has 2 fully saturated rings. The number of nitrogens with zero attached hydrogens (tertiary/aromatic N) is 2. The van der Waals surface area contributed by atoms with Crippen molar-refractivity contribution in [1.29, 1.82) is 0 Å². The Labute approximate surface area is 226 Å². The molecule has 1 aliphatic heterocycles. The lowest BCUT2D eigenvalue weighted by Crippen LogP contribution is -2.50. The summed E-state index contributed by atoms with van der Waals surface area (Å²) in [5.74, 6) is 1.95. The van der Waals surface area contributed by atoms with Crippen LogP contribution in [0.1, 0.15) is 69.7 Å². The normalized spacial score (nSPS) is 23.8. The van der Waals surface area contributed by atoms with Crippen molar-refractivity contribution in [2.75, 3.05) is 18.9 Å². The van der Waals surface area contributed by atoms with Crippen LogP contribution in [-0.4, -0.2) is 52.1 Å². The zero-order valence-corrected chi connectivity index (χ0v) is 23.0. The van der Waals surface area contributed by atoms with E-state index in [1.54, 1.807) is 0 Å². The van der Waals surface area contributed by atoms with Crippen LogP contribution in [0.5, 0.6) is 5.75 Å². The fourth-order valence-corrected chi connectivity index (χ4v) is 5.52. The first-order valence-corrected chi connectivity index (χ1v) is 13.9. The number of allylic oxidation sites excluding steroid dienone is 3. The molecule has 8 heteroatoms. The van der Waals surface area contributed by atoms with Gasteiger partial charge >= 0.3 is 0 Å². The molecule has 0 radical (unpaired) electrons. The maximum atomic E-state index is 12.4. The molecule has 8 nitrogen and oxygen atoms in total. The highest BCUT2D eigenvalue weighted by molar-refractivity contribution is 5.83. The van der Waals surface area contributed by atoms with Crippen LogP contribution in [0.3, 0.4) is 0 Å². The Bertz CT molecular complexity index is 1150. The van der Waals surface area contributed by atoms with Gasteiger partial charge in [-0.3, -0.25) is 4.79 Å². The topological polar surface area (TPSA) is 114 Å². The number of rotatable bonds is 10. The number of hydrogen-bond acceptors (Lipinski definition) is 6. The zero-order valence-electron chi connectivity index (χ0n) is 23.0. The van der Waals surface area contributed by atoms with Crippen LogP contribution in [-0.2, 0) is 17.6 Å². The molecule has 2 aliphatic rings. The number of aliphatic hydroxyl groups excluding tert-OH is 1. The van der Waals surface area contributed by atoms with Crippen molar-refractivity contribution >= 4 is 17.4 Å². The number of carbonyl (C=O) groups excluding carboxylic acids is 1. The van der Waals surface area contributed by atoms with E-state index in [0.717, 1.165) is 72.4 Å². The molecule has 0 bridgehead atoms. The number of aliphatic hydroxyl groups is 1. The minimum atomic E-state index is -0.581. The Morgan fingerprint density at radius 3 is 2.55 bits per heavy atom. The lowest BCUT2D eigenvalue weighted by Gasteiger charge is -2.30. The van der Waals surface area contributed by atoms with Gasteiger partial charge in [-0.2, -0.15) is 5.10 Å². The van der Waals surface area contributed by atoms with E-state index in [-0.39, 0.29) is 11.9 Å². The first-order chi connectivity index (χ1) is 18.2. The fourth-order valence-electron chi connectivity index (χ4n) is 5.52. The van der Waals surface area contributed by atoms with Crippen LogP contribution in [0, 0.1) is 5.92 Å². The first kappa shape index (κ1) is 27.9. The molecule has 4 rings (SSSR count). The quantitative estimate of drug-likeness (QED) is 0.353. The van der Waals surface area contributed by atoms with Crippen molar-refractivity contribution in [1.82, 2.24) is 20.4 Å². The van der Waals surface area contributed by atoms with Gasteiger partial charge in [-0.15, -0.1) is 0 Å². The van der Waals surface area contributed by atoms with Gasteiger partial charge in [-0.25, -0.2) is 4.68 Å². The zero-order chi connectivity index (χ0) is 27.2. The van der Waals surface area contributed by atoms with Crippen LogP contribution in [0.25, 0.3) is 5.70 Å². The molecule has 2 atom stereocenters. The summed E-state index contributed by atoms with van der Waals surface area (Å²) < 4.78 is 7.93. The van der Waals surface area contributed by atoms with Crippen LogP contribution in [0.15, 0.2) is 42.5 Å². The summed E-state index contributed by atoms with van der Waals surface area (Å²) >= 11 is 0. The van der Waals surface area contributed by atoms with E-state index < -0.39 is 12.1 Å². The Balaban J connectivity index is 1.26. The van der Waals surface area contributed by atoms with Crippen LogP contribution >= 0.6 is 0 Å². The Morgan fingerprint density at radius 1 is 1.24 bits per heavy atom. The smallest absolute Gasteiger partial charge is 0.240 e. The third-order valence-electron chi connectivity index (χ3n) is 7.69. The number of aryl methyl sites for hydroxylation is 1.